The molecular formula is C10H9N3O2S. The minimum atomic E-state index is -0.955. The fraction of sp³-hybridized carbons (Fsp3) is 0.100. The van der Waals surface area contributed by atoms with Crippen molar-refractivity contribution in [3.05, 3.63) is 35.0 Å². The Labute approximate surface area is 95.8 Å². The average molecular weight is 235 g/mol. The molecule has 0 amide bonds. The highest BCUT2D eigenvalue weighted by atomic mass is 32.1. The molecule has 0 aliphatic carbocycles. The van der Waals surface area contributed by atoms with E-state index in [2.05, 4.69) is 15.3 Å². The molecule has 0 saturated heterocycles. The Balaban J connectivity index is 2.23. The number of hydrogen-bond acceptors (Lipinski definition) is 5. The molecule has 0 aliphatic heterocycles. The molecule has 6 heteroatoms. The van der Waals surface area contributed by atoms with Crippen LogP contribution in [0.4, 0.5) is 10.9 Å². The van der Waals surface area contributed by atoms with Crippen LogP contribution in [0.25, 0.3) is 0 Å². The molecule has 16 heavy (non-hydrogen) atoms. The van der Waals surface area contributed by atoms with E-state index < -0.39 is 5.97 Å². The molecule has 2 heterocycles. The number of carbonyl (C=O) groups is 1. The molecule has 2 rings (SSSR count). The van der Waals surface area contributed by atoms with E-state index in [1.807, 2.05) is 6.07 Å². The summed E-state index contributed by atoms with van der Waals surface area (Å²) in [7, 11) is 0. The number of aromatic carboxylic acids is 1. The number of carboxylic acid groups (broad SMARTS) is 1. The standard InChI is InChI=1S/C10H9N3O2S/c1-6-8(9(14)15)16-10(12-6)13-7-4-2-3-5-11-7/h2-5H,1H3,(H,14,15)(H,11,12,13). The molecule has 82 valence electrons. The Morgan fingerprint density at radius 3 is 2.88 bits per heavy atom. The lowest BCUT2D eigenvalue weighted by Crippen LogP contribution is -1.94. The molecule has 0 bridgehead atoms. The number of nitrogens with one attached hydrogen (secondary N) is 1. The number of anilines is 2. The van der Waals surface area contributed by atoms with Crippen molar-refractivity contribution in [2.45, 2.75) is 6.92 Å². The zero-order chi connectivity index (χ0) is 11.5. The maximum atomic E-state index is 10.8. The van der Waals surface area contributed by atoms with Gasteiger partial charge in [-0.25, -0.2) is 14.8 Å². The Bertz CT molecular complexity index is 510. The Morgan fingerprint density at radius 1 is 1.50 bits per heavy atom. The second-order valence-corrected chi connectivity index (χ2v) is 4.08. The van der Waals surface area contributed by atoms with Crippen molar-refractivity contribution < 1.29 is 9.90 Å². The fourth-order valence-electron chi connectivity index (χ4n) is 1.19. The lowest BCUT2D eigenvalue weighted by atomic mass is 10.4. The van der Waals surface area contributed by atoms with Gasteiger partial charge < -0.3 is 10.4 Å². The highest BCUT2D eigenvalue weighted by Crippen LogP contribution is 2.24. The minimum Gasteiger partial charge on any atom is -0.477 e. The van der Waals surface area contributed by atoms with Gasteiger partial charge in [-0.3, -0.25) is 0 Å². The van der Waals surface area contributed by atoms with Gasteiger partial charge in [-0.1, -0.05) is 17.4 Å². The van der Waals surface area contributed by atoms with Crippen LogP contribution in [0, 0.1) is 6.92 Å². The van der Waals surface area contributed by atoms with Crippen LogP contribution in [0.5, 0.6) is 0 Å². The predicted octanol–water partition coefficient (Wildman–Crippen LogP) is 2.29. The monoisotopic (exact) mass is 235 g/mol. The van der Waals surface area contributed by atoms with Crippen molar-refractivity contribution >= 4 is 28.3 Å². The predicted molar refractivity (Wildman–Crippen MR) is 61.3 cm³/mol. The van der Waals surface area contributed by atoms with E-state index in [-0.39, 0.29) is 4.88 Å². The van der Waals surface area contributed by atoms with Gasteiger partial charge in [0.25, 0.3) is 0 Å². The van der Waals surface area contributed by atoms with Crippen molar-refractivity contribution in [1.29, 1.82) is 0 Å². The van der Waals surface area contributed by atoms with Gasteiger partial charge in [0, 0.05) is 6.20 Å². The second-order valence-electron chi connectivity index (χ2n) is 3.08. The third-order valence-corrected chi connectivity index (χ3v) is 2.95. The molecule has 2 aromatic rings. The number of rotatable bonds is 3. The summed E-state index contributed by atoms with van der Waals surface area (Å²) in [5.74, 6) is -0.308. The van der Waals surface area contributed by atoms with Crippen molar-refractivity contribution in [3.8, 4) is 0 Å². The Hall–Kier alpha value is -1.95. The summed E-state index contributed by atoms with van der Waals surface area (Å²) in [4.78, 5) is 19.2. The van der Waals surface area contributed by atoms with Crippen LogP contribution >= 0.6 is 11.3 Å². The topological polar surface area (TPSA) is 75.1 Å². The normalized spacial score (nSPS) is 10.1. The van der Waals surface area contributed by atoms with E-state index in [0.717, 1.165) is 11.3 Å². The summed E-state index contributed by atoms with van der Waals surface area (Å²) in [6, 6.07) is 5.44. The Morgan fingerprint density at radius 2 is 2.31 bits per heavy atom. The second kappa shape index (κ2) is 4.28. The van der Waals surface area contributed by atoms with Crippen LogP contribution < -0.4 is 5.32 Å². The molecule has 2 aromatic heterocycles. The van der Waals surface area contributed by atoms with Crippen LogP contribution in [0.15, 0.2) is 24.4 Å². The summed E-state index contributed by atoms with van der Waals surface area (Å²) < 4.78 is 0. The summed E-state index contributed by atoms with van der Waals surface area (Å²) in [5, 5.41) is 12.4. The van der Waals surface area contributed by atoms with Gasteiger partial charge in [0.2, 0.25) is 0 Å². The largest absolute Gasteiger partial charge is 0.477 e. The highest BCUT2D eigenvalue weighted by Gasteiger charge is 2.13. The number of thiazole rings is 1. The van der Waals surface area contributed by atoms with Crippen LogP contribution in [-0.4, -0.2) is 21.0 Å². The van der Waals surface area contributed by atoms with Gasteiger partial charge in [-0.15, -0.1) is 0 Å². The molecule has 0 spiro atoms. The maximum Gasteiger partial charge on any atom is 0.347 e. The molecular weight excluding hydrogens is 226 g/mol. The van der Waals surface area contributed by atoms with E-state index >= 15 is 0 Å². The van der Waals surface area contributed by atoms with Crippen molar-refractivity contribution in [2.24, 2.45) is 0 Å². The third kappa shape index (κ3) is 2.17. The van der Waals surface area contributed by atoms with Gasteiger partial charge in [-0.2, -0.15) is 0 Å². The summed E-state index contributed by atoms with van der Waals surface area (Å²) in [5.41, 5.74) is 0.510. The molecule has 0 aromatic carbocycles. The zero-order valence-corrected chi connectivity index (χ0v) is 9.28. The Kier molecular flexibility index (Phi) is 2.82. The lowest BCUT2D eigenvalue weighted by molar-refractivity contribution is 0.0701. The highest BCUT2D eigenvalue weighted by molar-refractivity contribution is 7.17. The van der Waals surface area contributed by atoms with E-state index in [1.165, 1.54) is 0 Å². The smallest absolute Gasteiger partial charge is 0.347 e. The summed E-state index contributed by atoms with van der Waals surface area (Å²) in [6.45, 7) is 1.67. The molecule has 0 saturated carbocycles. The first-order valence-corrected chi connectivity index (χ1v) is 5.37. The first-order valence-electron chi connectivity index (χ1n) is 4.55. The van der Waals surface area contributed by atoms with Gasteiger partial charge in [0.05, 0.1) is 5.69 Å². The fourth-order valence-corrected chi connectivity index (χ4v) is 2.01. The van der Waals surface area contributed by atoms with Crippen LogP contribution in [0.2, 0.25) is 0 Å². The van der Waals surface area contributed by atoms with E-state index in [9.17, 15) is 4.79 Å². The molecule has 2 N–H and O–H groups in total. The average Bonchev–Trinajstić information content (AvgIpc) is 2.61. The number of nitrogens with zero attached hydrogens (tertiary/aromatic N) is 2. The first kappa shape index (κ1) is 10.6. The van der Waals surface area contributed by atoms with Crippen molar-refractivity contribution in [2.75, 3.05) is 5.32 Å². The number of pyridine rings is 1. The van der Waals surface area contributed by atoms with Gasteiger partial charge >= 0.3 is 5.97 Å². The van der Waals surface area contributed by atoms with Gasteiger partial charge in [-0.05, 0) is 19.1 Å². The molecule has 0 fully saturated rings. The van der Waals surface area contributed by atoms with Crippen LogP contribution in [0.3, 0.4) is 0 Å². The molecule has 0 aliphatic rings. The van der Waals surface area contributed by atoms with E-state index in [1.54, 1.807) is 25.3 Å². The first-order chi connectivity index (χ1) is 7.66. The number of aryl methyl sites for hydroxylation is 1. The zero-order valence-electron chi connectivity index (χ0n) is 8.47. The van der Waals surface area contributed by atoms with Gasteiger partial charge in [0.1, 0.15) is 10.7 Å². The summed E-state index contributed by atoms with van der Waals surface area (Å²) >= 11 is 1.10. The molecule has 0 radical (unpaired) electrons. The number of carboxylic acids is 1. The van der Waals surface area contributed by atoms with Crippen molar-refractivity contribution in [1.82, 2.24) is 9.97 Å². The number of aromatic nitrogens is 2. The van der Waals surface area contributed by atoms with Crippen LogP contribution in [-0.2, 0) is 0 Å². The van der Waals surface area contributed by atoms with Crippen molar-refractivity contribution in [3.63, 3.8) is 0 Å². The van der Waals surface area contributed by atoms with E-state index in [0.29, 0.717) is 16.6 Å². The summed E-state index contributed by atoms with van der Waals surface area (Å²) in [6.07, 6.45) is 1.65. The molecule has 5 nitrogen and oxygen atoms in total. The quantitative estimate of drug-likeness (QED) is 0.853. The maximum absolute atomic E-state index is 10.8. The van der Waals surface area contributed by atoms with E-state index in [4.69, 9.17) is 5.11 Å². The molecule has 0 unspecified atom stereocenters. The SMILES string of the molecule is Cc1nc(Nc2ccccn2)sc1C(=O)O. The lowest BCUT2D eigenvalue weighted by Gasteiger charge is -1.98. The molecule has 0 atom stereocenters. The third-order valence-electron chi connectivity index (χ3n) is 1.89. The number of hydrogen-bond donors (Lipinski definition) is 2. The van der Waals surface area contributed by atoms with Gasteiger partial charge in [0.15, 0.2) is 5.13 Å². The minimum absolute atomic E-state index is 0.249. The van der Waals surface area contributed by atoms with Crippen LogP contribution in [0.1, 0.15) is 15.4 Å².